The van der Waals surface area contributed by atoms with Crippen LogP contribution in [0.3, 0.4) is 0 Å². The first-order valence-corrected chi connectivity index (χ1v) is 12.4. The van der Waals surface area contributed by atoms with Crippen LogP contribution in [0.1, 0.15) is 98.3 Å². The molecule has 0 bridgehead atoms. The quantitative estimate of drug-likeness (QED) is 0.583. The molecule has 29 heavy (non-hydrogen) atoms. The third kappa shape index (κ3) is 3.49. The second-order valence-electron chi connectivity index (χ2n) is 11.9. The standard InChI is InChI=1S/C26H42O3/c1-16(5-10-24(28)29)21-8-9-22-20-7-6-19-15-18(17(2)27)11-13-25(19,3)23(20)12-14-26(21,22)4/h16,18-23H,5-15H2,1-4H3,(H,28,29)/t16-,18?,19?,20+,21-,22+,23+,25+,26-/m1/s1. The Morgan fingerprint density at radius 3 is 2.34 bits per heavy atom. The average Bonchev–Trinajstić information content (AvgIpc) is 3.02. The van der Waals surface area contributed by atoms with E-state index in [1.54, 1.807) is 6.92 Å². The third-order valence-corrected chi connectivity index (χ3v) is 10.8. The maximum absolute atomic E-state index is 12.0. The van der Waals surface area contributed by atoms with Gasteiger partial charge in [-0.2, -0.15) is 0 Å². The highest BCUT2D eigenvalue weighted by Gasteiger charge is 2.60. The number of carboxylic acid groups (broad SMARTS) is 1. The van der Waals surface area contributed by atoms with Crippen molar-refractivity contribution in [1.82, 2.24) is 0 Å². The van der Waals surface area contributed by atoms with E-state index < -0.39 is 5.97 Å². The highest BCUT2D eigenvalue weighted by Crippen LogP contribution is 2.68. The molecule has 0 radical (unpaired) electrons. The van der Waals surface area contributed by atoms with E-state index in [2.05, 4.69) is 20.8 Å². The molecule has 0 amide bonds. The van der Waals surface area contributed by atoms with Crippen LogP contribution < -0.4 is 0 Å². The van der Waals surface area contributed by atoms with Crippen LogP contribution in [0, 0.1) is 52.3 Å². The van der Waals surface area contributed by atoms with Crippen LogP contribution in [-0.2, 0) is 9.59 Å². The van der Waals surface area contributed by atoms with Crippen molar-refractivity contribution in [2.24, 2.45) is 52.3 Å². The molecule has 0 aromatic carbocycles. The summed E-state index contributed by atoms with van der Waals surface area (Å²) < 4.78 is 0. The molecular formula is C26H42O3. The average molecular weight is 403 g/mol. The maximum Gasteiger partial charge on any atom is 0.303 e. The number of carbonyl (C=O) groups is 2. The molecule has 0 aromatic rings. The predicted molar refractivity (Wildman–Crippen MR) is 115 cm³/mol. The van der Waals surface area contributed by atoms with E-state index in [1.165, 1.54) is 44.9 Å². The van der Waals surface area contributed by atoms with Gasteiger partial charge in [-0.15, -0.1) is 0 Å². The Balaban J connectivity index is 1.50. The molecule has 1 N–H and O–H groups in total. The molecule has 0 spiro atoms. The SMILES string of the molecule is CC(=O)C1CC[C@@]2(C)C(CC[C@H]3[C@@H]4CC[C@H]([C@H](C)CCC(=O)O)[C@@]4(C)CC[C@@H]32)C1. The Morgan fingerprint density at radius 2 is 1.66 bits per heavy atom. The van der Waals surface area contributed by atoms with Crippen molar-refractivity contribution in [2.75, 3.05) is 0 Å². The number of hydrogen-bond donors (Lipinski definition) is 1. The Morgan fingerprint density at radius 1 is 0.966 bits per heavy atom. The molecule has 4 saturated carbocycles. The topological polar surface area (TPSA) is 54.4 Å². The molecule has 4 fully saturated rings. The molecule has 4 aliphatic carbocycles. The summed E-state index contributed by atoms with van der Waals surface area (Å²) in [6.45, 7) is 9.25. The smallest absolute Gasteiger partial charge is 0.303 e. The van der Waals surface area contributed by atoms with E-state index in [1.807, 2.05) is 0 Å². The summed E-state index contributed by atoms with van der Waals surface area (Å²) in [5.74, 6) is 4.61. The van der Waals surface area contributed by atoms with E-state index in [0.29, 0.717) is 40.8 Å². The first-order chi connectivity index (χ1) is 13.7. The second kappa shape index (κ2) is 7.68. The molecule has 164 valence electrons. The van der Waals surface area contributed by atoms with Crippen LogP contribution in [-0.4, -0.2) is 16.9 Å². The van der Waals surface area contributed by atoms with Crippen molar-refractivity contribution in [1.29, 1.82) is 0 Å². The van der Waals surface area contributed by atoms with Gasteiger partial charge in [0.1, 0.15) is 5.78 Å². The zero-order chi connectivity index (χ0) is 21.0. The van der Waals surface area contributed by atoms with E-state index in [9.17, 15) is 9.59 Å². The number of ketones is 1. The Hall–Kier alpha value is -0.860. The first kappa shape index (κ1) is 21.4. The van der Waals surface area contributed by atoms with E-state index in [0.717, 1.165) is 42.9 Å². The summed E-state index contributed by atoms with van der Waals surface area (Å²) in [4.78, 5) is 23.1. The van der Waals surface area contributed by atoms with Crippen LogP contribution in [0.25, 0.3) is 0 Å². The van der Waals surface area contributed by atoms with E-state index >= 15 is 0 Å². The van der Waals surface area contributed by atoms with Crippen LogP contribution >= 0.6 is 0 Å². The van der Waals surface area contributed by atoms with Crippen molar-refractivity contribution in [3.63, 3.8) is 0 Å². The van der Waals surface area contributed by atoms with Crippen molar-refractivity contribution < 1.29 is 14.7 Å². The largest absolute Gasteiger partial charge is 0.481 e. The summed E-state index contributed by atoms with van der Waals surface area (Å²) in [7, 11) is 0. The molecule has 0 heterocycles. The van der Waals surface area contributed by atoms with Gasteiger partial charge in [0.25, 0.3) is 0 Å². The summed E-state index contributed by atoms with van der Waals surface area (Å²) in [5.41, 5.74) is 0.863. The minimum Gasteiger partial charge on any atom is -0.481 e. The van der Waals surface area contributed by atoms with Crippen LogP contribution in [0.4, 0.5) is 0 Å². The van der Waals surface area contributed by atoms with Crippen molar-refractivity contribution in [3.8, 4) is 0 Å². The Labute approximate surface area is 177 Å². The van der Waals surface area contributed by atoms with Gasteiger partial charge in [-0.3, -0.25) is 9.59 Å². The number of hydrogen-bond acceptors (Lipinski definition) is 2. The fraction of sp³-hybridized carbons (Fsp3) is 0.923. The highest BCUT2D eigenvalue weighted by atomic mass is 16.4. The van der Waals surface area contributed by atoms with Gasteiger partial charge in [-0.1, -0.05) is 20.8 Å². The number of carbonyl (C=O) groups excluding carboxylic acids is 1. The minimum atomic E-state index is -0.646. The van der Waals surface area contributed by atoms with Gasteiger partial charge in [-0.25, -0.2) is 0 Å². The van der Waals surface area contributed by atoms with E-state index in [4.69, 9.17) is 5.11 Å². The fourth-order valence-electron chi connectivity index (χ4n) is 9.15. The summed E-state index contributed by atoms with van der Waals surface area (Å²) in [5, 5.41) is 9.13. The summed E-state index contributed by atoms with van der Waals surface area (Å²) >= 11 is 0. The lowest BCUT2D eigenvalue weighted by Crippen LogP contribution is -2.54. The fourth-order valence-corrected chi connectivity index (χ4v) is 9.15. The number of fused-ring (bicyclic) bond motifs is 5. The molecule has 0 saturated heterocycles. The lowest BCUT2D eigenvalue weighted by Gasteiger charge is -2.61. The van der Waals surface area contributed by atoms with Gasteiger partial charge in [0.2, 0.25) is 0 Å². The van der Waals surface area contributed by atoms with Gasteiger partial charge in [0, 0.05) is 12.3 Å². The highest BCUT2D eigenvalue weighted by molar-refractivity contribution is 5.78. The lowest BCUT2D eigenvalue weighted by molar-refractivity contribution is -0.139. The zero-order valence-corrected chi connectivity index (χ0v) is 19.1. The van der Waals surface area contributed by atoms with Crippen LogP contribution in [0.2, 0.25) is 0 Å². The van der Waals surface area contributed by atoms with Gasteiger partial charge in [-0.05, 0) is 117 Å². The minimum absolute atomic E-state index is 0.321. The monoisotopic (exact) mass is 402 g/mol. The Kier molecular flexibility index (Phi) is 5.66. The molecule has 2 unspecified atom stereocenters. The molecule has 4 rings (SSSR count). The van der Waals surface area contributed by atoms with Crippen LogP contribution in [0.15, 0.2) is 0 Å². The number of carboxylic acids is 1. The Bertz CT molecular complexity index is 656. The summed E-state index contributed by atoms with van der Waals surface area (Å²) in [6, 6.07) is 0. The lowest BCUT2D eigenvalue weighted by atomic mass is 9.44. The van der Waals surface area contributed by atoms with E-state index in [-0.39, 0.29) is 0 Å². The molecule has 9 atom stereocenters. The van der Waals surface area contributed by atoms with Gasteiger partial charge in [0.05, 0.1) is 0 Å². The van der Waals surface area contributed by atoms with Gasteiger partial charge < -0.3 is 5.11 Å². The molecule has 3 nitrogen and oxygen atoms in total. The molecule has 4 aliphatic rings. The molecule has 0 aliphatic heterocycles. The number of rotatable bonds is 5. The van der Waals surface area contributed by atoms with Gasteiger partial charge in [0.15, 0.2) is 0 Å². The van der Waals surface area contributed by atoms with Gasteiger partial charge >= 0.3 is 5.97 Å². The second-order valence-corrected chi connectivity index (χ2v) is 11.9. The van der Waals surface area contributed by atoms with Crippen molar-refractivity contribution >= 4 is 11.8 Å². The molecular weight excluding hydrogens is 360 g/mol. The van der Waals surface area contributed by atoms with Crippen molar-refractivity contribution in [2.45, 2.75) is 98.3 Å². The predicted octanol–water partition coefficient (Wildman–Crippen LogP) is 6.35. The first-order valence-electron chi connectivity index (χ1n) is 12.4. The third-order valence-electron chi connectivity index (χ3n) is 10.8. The zero-order valence-electron chi connectivity index (χ0n) is 19.1. The normalized spacial score (nSPS) is 47.6. The molecule has 0 aromatic heterocycles. The number of aliphatic carboxylic acids is 1. The maximum atomic E-state index is 12.0. The number of Topliss-reactive ketones (excluding diaryl/α,β-unsaturated/α-hetero) is 1. The van der Waals surface area contributed by atoms with Crippen molar-refractivity contribution in [3.05, 3.63) is 0 Å². The molecule has 3 heteroatoms. The van der Waals surface area contributed by atoms with Crippen LogP contribution in [0.5, 0.6) is 0 Å². The summed E-state index contributed by atoms with van der Waals surface area (Å²) in [6.07, 6.45) is 12.7.